The molecular weight excluding hydrogens is 318 g/mol. The highest BCUT2D eigenvalue weighted by Crippen LogP contribution is 2.31. The van der Waals surface area contributed by atoms with Gasteiger partial charge >= 0.3 is 0 Å². The molecule has 3 rings (SSSR count). The number of aliphatic imine (C=N–C) groups is 1. The molecule has 0 fully saturated rings. The molecule has 1 unspecified atom stereocenters. The van der Waals surface area contributed by atoms with Gasteiger partial charge < -0.3 is 5.84 Å². The highest BCUT2D eigenvalue weighted by Gasteiger charge is 2.17. The van der Waals surface area contributed by atoms with Crippen molar-refractivity contribution in [2.24, 2.45) is 15.9 Å². The Kier molecular flexibility index (Phi) is 5.08. The van der Waals surface area contributed by atoms with Crippen LogP contribution in [0.1, 0.15) is 27.7 Å². The number of rotatable bonds is 5. The van der Waals surface area contributed by atoms with Crippen LogP contribution in [0.2, 0.25) is 0 Å². The van der Waals surface area contributed by atoms with Crippen molar-refractivity contribution in [3.8, 4) is 0 Å². The standard InChI is InChI=1S/C18H17N5S/c1-13-18(24-12-22-13)17(15-5-3-2-4-6-15)21-11-16(23-19)14-7-9-20-10-8-14/h2-12,17H,19H2,1H3. The summed E-state index contributed by atoms with van der Waals surface area (Å²) < 4.78 is 0. The summed E-state index contributed by atoms with van der Waals surface area (Å²) in [5, 5.41) is 3.86. The molecule has 2 N–H and O–H groups in total. The molecule has 6 heteroatoms. The molecule has 2 heterocycles. The predicted octanol–water partition coefficient (Wildman–Crippen LogP) is 3.37. The maximum Gasteiger partial charge on any atom is 0.111 e. The van der Waals surface area contributed by atoms with E-state index in [1.165, 1.54) is 0 Å². The molecule has 0 aliphatic heterocycles. The van der Waals surface area contributed by atoms with Crippen LogP contribution < -0.4 is 5.84 Å². The Labute approximate surface area is 144 Å². The third-order valence-electron chi connectivity index (χ3n) is 3.61. The Morgan fingerprint density at radius 2 is 1.92 bits per heavy atom. The van der Waals surface area contributed by atoms with Crippen molar-refractivity contribution < 1.29 is 0 Å². The first kappa shape index (κ1) is 16.0. The fourth-order valence-electron chi connectivity index (χ4n) is 2.36. The summed E-state index contributed by atoms with van der Waals surface area (Å²) in [6.45, 7) is 2.00. The van der Waals surface area contributed by atoms with E-state index >= 15 is 0 Å². The van der Waals surface area contributed by atoms with E-state index in [-0.39, 0.29) is 6.04 Å². The van der Waals surface area contributed by atoms with Gasteiger partial charge in [0.25, 0.3) is 0 Å². The number of hydrazone groups is 1. The Morgan fingerprint density at radius 1 is 1.17 bits per heavy atom. The van der Waals surface area contributed by atoms with Crippen molar-refractivity contribution >= 4 is 23.3 Å². The van der Waals surface area contributed by atoms with Crippen LogP contribution in [0, 0.1) is 6.92 Å². The molecule has 1 aromatic carbocycles. The summed E-state index contributed by atoms with van der Waals surface area (Å²) in [4.78, 5) is 14.2. The molecule has 0 spiro atoms. The van der Waals surface area contributed by atoms with Gasteiger partial charge in [0.15, 0.2) is 0 Å². The lowest BCUT2D eigenvalue weighted by molar-refractivity contribution is 0.885. The smallest absolute Gasteiger partial charge is 0.111 e. The van der Waals surface area contributed by atoms with Crippen molar-refractivity contribution in [3.63, 3.8) is 0 Å². The number of pyridine rings is 1. The molecule has 5 nitrogen and oxygen atoms in total. The monoisotopic (exact) mass is 335 g/mol. The van der Waals surface area contributed by atoms with Crippen LogP contribution >= 0.6 is 11.3 Å². The number of hydrogen-bond acceptors (Lipinski definition) is 6. The second-order valence-electron chi connectivity index (χ2n) is 5.14. The van der Waals surface area contributed by atoms with Crippen LogP contribution in [0.3, 0.4) is 0 Å². The molecule has 0 saturated carbocycles. The van der Waals surface area contributed by atoms with Crippen LogP contribution in [0.15, 0.2) is 70.5 Å². The summed E-state index contributed by atoms with van der Waals surface area (Å²) in [5.74, 6) is 5.54. The van der Waals surface area contributed by atoms with E-state index in [2.05, 4.69) is 27.2 Å². The number of thiazole rings is 1. The second kappa shape index (κ2) is 7.61. The average Bonchev–Trinajstić information content (AvgIpc) is 3.06. The molecule has 0 aliphatic carbocycles. The van der Waals surface area contributed by atoms with Crippen LogP contribution in [-0.2, 0) is 0 Å². The zero-order chi connectivity index (χ0) is 16.8. The molecule has 3 aromatic rings. The number of nitrogens with two attached hydrogens (primary N) is 1. The minimum Gasteiger partial charge on any atom is -0.323 e. The summed E-state index contributed by atoms with van der Waals surface area (Å²) in [5.41, 5.74) is 5.43. The van der Waals surface area contributed by atoms with E-state index in [0.29, 0.717) is 5.71 Å². The van der Waals surface area contributed by atoms with Crippen molar-refractivity contribution in [1.82, 2.24) is 9.97 Å². The van der Waals surface area contributed by atoms with E-state index in [1.54, 1.807) is 29.9 Å². The fourth-order valence-corrected chi connectivity index (χ4v) is 3.24. The number of nitrogens with zero attached hydrogens (tertiary/aromatic N) is 4. The lowest BCUT2D eigenvalue weighted by Crippen LogP contribution is -2.08. The van der Waals surface area contributed by atoms with Gasteiger partial charge in [-0.15, -0.1) is 11.3 Å². The van der Waals surface area contributed by atoms with Crippen LogP contribution in [-0.4, -0.2) is 21.9 Å². The van der Waals surface area contributed by atoms with Gasteiger partial charge in [0.05, 0.1) is 22.3 Å². The Balaban J connectivity index is 1.97. The first-order valence-corrected chi connectivity index (χ1v) is 8.34. The maximum atomic E-state index is 5.54. The van der Waals surface area contributed by atoms with Gasteiger partial charge in [-0.05, 0) is 24.6 Å². The van der Waals surface area contributed by atoms with Gasteiger partial charge in [0.2, 0.25) is 0 Å². The molecule has 0 aliphatic rings. The first-order valence-electron chi connectivity index (χ1n) is 7.46. The summed E-state index contributed by atoms with van der Waals surface area (Å²) in [7, 11) is 0. The maximum absolute atomic E-state index is 5.54. The van der Waals surface area contributed by atoms with E-state index in [9.17, 15) is 0 Å². The van der Waals surface area contributed by atoms with Crippen molar-refractivity contribution in [2.75, 3.05) is 0 Å². The van der Waals surface area contributed by atoms with Gasteiger partial charge in [-0.3, -0.25) is 9.98 Å². The minimum atomic E-state index is -0.128. The molecule has 2 aromatic heterocycles. The van der Waals surface area contributed by atoms with E-state index in [0.717, 1.165) is 21.7 Å². The van der Waals surface area contributed by atoms with Crippen molar-refractivity contribution in [3.05, 3.63) is 82.1 Å². The zero-order valence-corrected chi connectivity index (χ0v) is 14.0. The van der Waals surface area contributed by atoms with Gasteiger partial charge in [-0.1, -0.05) is 30.3 Å². The normalized spacial score (nSPS) is 13.3. The lowest BCUT2D eigenvalue weighted by atomic mass is 10.0. The summed E-state index contributed by atoms with van der Waals surface area (Å²) in [6.07, 6.45) is 5.12. The first-order chi connectivity index (χ1) is 11.8. The van der Waals surface area contributed by atoms with Crippen molar-refractivity contribution in [1.29, 1.82) is 0 Å². The SMILES string of the molecule is Cc1ncsc1C(N=CC(=NN)c1ccncc1)c1ccccc1. The van der Waals surface area contributed by atoms with Crippen LogP contribution in [0.25, 0.3) is 0 Å². The Morgan fingerprint density at radius 3 is 2.54 bits per heavy atom. The van der Waals surface area contributed by atoms with Gasteiger partial charge in [0.1, 0.15) is 11.8 Å². The molecule has 0 amide bonds. The zero-order valence-electron chi connectivity index (χ0n) is 13.2. The molecule has 1 atom stereocenters. The fraction of sp³-hybridized carbons (Fsp3) is 0.111. The molecule has 120 valence electrons. The molecule has 0 saturated heterocycles. The number of benzene rings is 1. The summed E-state index contributed by atoms with van der Waals surface area (Å²) in [6, 6.07) is 13.7. The second-order valence-corrected chi connectivity index (χ2v) is 6.03. The van der Waals surface area contributed by atoms with Crippen molar-refractivity contribution in [2.45, 2.75) is 13.0 Å². The number of aromatic nitrogens is 2. The largest absolute Gasteiger partial charge is 0.323 e. The third kappa shape index (κ3) is 3.55. The molecule has 0 radical (unpaired) electrons. The number of aryl methyl sites for hydroxylation is 1. The third-order valence-corrected chi connectivity index (χ3v) is 4.59. The van der Waals surface area contributed by atoms with Crippen LogP contribution in [0.4, 0.5) is 0 Å². The minimum absolute atomic E-state index is 0.128. The van der Waals surface area contributed by atoms with Gasteiger partial charge in [0, 0.05) is 18.0 Å². The van der Waals surface area contributed by atoms with E-state index < -0.39 is 0 Å². The van der Waals surface area contributed by atoms with E-state index in [1.807, 2.05) is 42.8 Å². The highest BCUT2D eigenvalue weighted by atomic mass is 32.1. The predicted molar refractivity (Wildman–Crippen MR) is 98.6 cm³/mol. The van der Waals surface area contributed by atoms with Gasteiger partial charge in [-0.2, -0.15) is 5.10 Å². The van der Waals surface area contributed by atoms with E-state index in [4.69, 9.17) is 10.8 Å². The van der Waals surface area contributed by atoms with Gasteiger partial charge in [-0.25, -0.2) is 4.98 Å². The Bertz CT molecular complexity index is 840. The molecule has 24 heavy (non-hydrogen) atoms. The van der Waals surface area contributed by atoms with Crippen LogP contribution in [0.5, 0.6) is 0 Å². The number of hydrogen-bond donors (Lipinski definition) is 1. The molecule has 0 bridgehead atoms. The highest BCUT2D eigenvalue weighted by molar-refractivity contribution is 7.09. The summed E-state index contributed by atoms with van der Waals surface area (Å²) >= 11 is 1.60. The average molecular weight is 335 g/mol. The Hall–Kier alpha value is -2.86. The quantitative estimate of drug-likeness (QED) is 0.441. The molecular formula is C18H17N5S. The topological polar surface area (TPSA) is 76.5 Å². The lowest BCUT2D eigenvalue weighted by Gasteiger charge is -2.12.